The minimum absolute atomic E-state index is 0.0508. The number of rotatable bonds is 5. The van der Waals surface area contributed by atoms with Crippen molar-refractivity contribution >= 4 is 34.9 Å². The second-order valence-electron chi connectivity index (χ2n) is 8.76. The van der Waals surface area contributed by atoms with E-state index in [1.54, 1.807) is 42.5 Å². The Hall–Kier alpha value is -3.49. The maximum atomic E-state index is 13.9. The quantitative estimate of drug-likeness (QED) is 0.274. The third-order valence-electron chi connectivity index (χ3n) is 6.34. The summed E-state index contributed by atoms with van der Waals surface area (Å²) in [7, 11) is 0. The Balaban J connectivity index is 1.33. The predicted octanol–water partition coefficient (Wildman–Crippen LogP) is 7.45. The Morgan fingerprint density at radius 1 is 1.00 bits per heavy atom. The van der Waals surface area contributed by atoms with E-state index in [0.717, 1.165) is 21.4 Å². The first-order valence-corrected chi connectivity index (χ1v) is 12.2. The van der Waals surface area contributed by atoms with Crippen LogP contribution in [0.5, 0.6) is 0 Å². The van der Waals surface area contributed by atoms with Crippen molar-refractivity contribution in [3.05, 3.63) is 106 Å². The zero-order valence-corrected chi connectivity index (χ0v) is 20.8. The molecular formula is C27H21Cl2F3N4O. The van der Waals surface area contributed by atoms with Gasteiger partial charge in [-0.3, -0.25) is 4.79 Å². The number of fused-ring (bicyclic) bond motifs is 1. The van der Waals surface area contributed by atoms with E-state index >= 15 is 0 Å². The van der Waals surface area contributed by atoms with Crippen LogP contribution in [0.25, 0.3) is 11.1 Å². The van der Waals surface area contributed by atoms with Gasteiger partial charge in [-0.05, 0) is 34.4 Å². The van der Waals surface area contributed by atoms with Crippen LogP contribution in [-0.2, 0) is 6.54 Å². The van der Waals surface area contributed by atoms with Crippen LogP contribution >= 0.6 is 23.2 Å². The molecule has 2 N–H and O–H groups in total. The summed E-state index contributed by atoms with van der Waals surface area (Å²) in [6.45, 7) is 0.190. The summed E-state index contributed by atoms with van der Waals surface area (Å²) < 4.78 is 42.5. The van der Waals surface area contributed by atoms with Gasteiger partial charge in [-0.2, -0.15) is 18.3 Å². The number of anilines is 1. The summed E-state index contributed by atoms with van der Waals surface area (Å²) in [6.07, 6.45) is -3.56. The van der Waals surface area contributed by atoms with Crippen molar-refractivity contribution in [3.63, 3.8) is 0 Å². The zero-order valence-electron chi connectivity index (χ0n) is 19.3. The van der Waals surface area contributed by atoms with Gasteiger partial charge in [0.05, 0.1) is 22.3 Å². The van der Waals surface area contributed by atoms with E-state index in [2.05, 4.69) is 15.7 Å². The number of nitrogens with zero attached hydrogens (tertiary/aromatic N) is 2. The lowest BCUT2D eigenvalue weighted by atomic mass is 9.96. The number of carbonyl (C=O) groups is 1. The average Bonchev–Trinajstić information content (AvgIpc) is 3.32. The molecule has 1 aliphatic rings. The lowest BCUT2D eigenvalue weighted by Gasteiger charge is -2.34. The minimum atomic E-state index is -4.51. The second kappa shape index (κ2) is 10.1. The molecule has 10 heteroatoms. The lowest BCUT2D eigenvalue weighted by molar-refractivity contribution is -0.173. The molecule has 1 aliphatic heterocycles. The third kappa shape index (κ3) is 5.31. The van der Waals surface area contributed by atoms with Crippen LogP contribution in [0.15, 0.2) is 79.0 Å². The van der Waals surface area contributed by atoms with E-state index in [1.165, 1.54) is 6.20 Å². The van der Waals surface area contributed by atoms with Crippen molar-refractivity contribution in [1.82, 2.24) is 15.1 Å². The maximum absolute atomic E-state index is 13.9. The normalized spacial score (nSPS) is 17.1. The highest BCUT2D eigenvalue weighted by atomic mass is 35.5. The molecule has 5 nitrogen and oxygen atoms in total. The van der Waals surface area contributed by atoms with E-state index < -0.39 is 24.2 Å². The molecule has 0 bridgehead atoms. The van der Waals surface area contributed by atoms with Crippen molar-refractivity contribution in [2.24, 2.45) is 0 Å². The number of hydrogen-bond acceptors (Lipinski definition) is 3. The van der Waals surface area contributed by atoms with Gasteiger partial charge in [0.2, 0.25) is 0 Å². The highest BCUT2D eigenvalue weighted by Gasteiger charge is 2.47. The van der Waals surface area contributed by atoms with E-state index in [-0.39, 0.29) is 24.3 Å². The molecule has 1 amide bonds. The third-order valence-corrected chi connectivity index (χ3v) is 7.08. The fourth-order valence-corrected chi connectivity index (χ4v) is 4.70. The first-order valence-electron chi connectivity index (χ1n) is 11.5. The maximum Gasteiger partial charge on any atom is 0.410 e. The molecule has 2 heterocycles. The molecule has 190 valence electrons. The standard InChI is InChI=1S/C27H21Cl2F3N4O/c28-21-11-10-19(12-22(21)29)17-8-6-16(7-9-17)14-33-26(37)20-15-34-36-24(27(30,31)32)13-23(35-25(20)36)18-4-2-1-3-5-18/h1-12,15,23-24,35H,13-14H2,(H,33,37)/t23-,24?/m1/s1. The number of nitrogens with one attached hydrogen (secondary N) is 2. The molecule has 3 aromatic carbocycles. The summed E-state index contributed by atoms with van der Waals surface area (Å²) >= 11 is 12.1. The minimum Gasteiger partial charge on any atom is -0.363 e. The molecular weight excluding hydrogens is 524 g/mol. The Morgan fingerprint density at radius 3 is 2.38 bits per heavy atom. The van der Waals surface area contributed by atoms with Gasteiger partial charge >= 0.3 is 6.18 Å². The largest absolute Gasteiger partial charge is 0.410 e. The van der Waals surface area contributed by atoms with Crippen LogP contribution in [0.1, 0.15) is 40.0 Å². The topological polar surface area (TPSA) is 59.0 Å². The monoisotopic (exact) mass is 544 g/mol. The molecule has 0 fully saturated rings. The number of halogens is 5. The van der Waals surface area contributed by atoms with Crippen molar-refractivity contribution < 1.29 is 18.0 Å². The molecule has 5 rings (SSSR count). The number of alkyl halides is 3. The Kier molecular flexibility index (Phi) is 6.88. The van der Waals surface area contributed by atoms with Gasteiger partial charge in [-0.25, -0.2) is 4.68 Å². The number of benzene rings is 3. The number of hydrogen-bond donors (Lipinski definition) is 2. The van der Waals surface area contributed by atoms with Crippen LogP contribution in [0.4, 0.5) is 19.0 Å². The molecule has 1 unspecified atom stereocenters. The van der Waals surface area contributed by atoms with Gasteiger partial charge in [0.25, 0.3) is 5.91 Å². The van der Waals surface area contributed by atoms with Crippen LogP contribution in [0.3, 0.4) is 0 Å². The van der Waals surface area contributed by atoms with Crippen molar-refractivity contribution in [2.75, 3.05) is 5.32 Å². The molecule has 2 atom stereocenters. The first kappa shape index (κ1) is 25.2. The summed E-state index contributed by atoms with van der Waals surface area (Å²) in [5.74, 6) is -0.466. The van der Waals surface area contributed by atoms with E-state index in [4.69, 9.17) is 23.2 Å². The van der Waals surface area contributed by atoms with E-state index in [9.17, 15) is 18.0 Å². The fraction of sp³-hybridized carbons (Fsp3) is 0.185. The smallest absolute Gasteiger partial charge is 0.363 e. The predicted molar refractivity (Wildman–Crippen MR) is 138 cm³/mol. The summed E-state index contributed by atoms with van der Waals surface area (Å²) in [4.78, 5) is 13.0. The Labute approximate surface area is 221 Å². The van der Waals surface area contributed by atoms with Gasteiger partial charge in [-0.15, -0.1) is 0 Å². The van der Waals surface area contributed by atoms with Crippen LogP contribution in [0.2, 0.25) is 10.0 Å². The zero-order chi connectivity index (χ0) is 26.2. The molecule has 1 aromatic heterocycles. The highest BCUT2D eigenvalue weighted by molar-refractivity contribution is 6.42. The van der Waals surface area contributed by atoms with E-state index in [1.807, 2.05) is 30.3 Å². The van der Waals surface area contributed by atoms with Gasteiger partial charge < -0.3 is 10.6 Å². The number of carbonyl (C=O) groups excluding carboxylic acids is 1. The summed E-state index contributed by atoms with van der Waals surface area (Å²) in [6, 6.07) is 19.3. The summed E-state index contributed by atoms with van der Waals surface area (Å²) in [5.41, 5.74) is 3.41. The van der Waals surface area contributed by atoms with Gasteiger partial charge in [0, 0.05) is 13.0 Å². The van der Waals surface area contributed by atoms with Gasteiger partial charge in [0.1, 0.15) is 11.4 Å². The molecule has 4 aromatic rings. The molecule has 0 radical (unpaired) electrons. The lowest BCUT2D eigenvalue weighted by Crippen LogP contribution is -2.36. The molecule has 0 saturated carbocycles. The molecule has 0 aliphatic carbocycles. The van der Waals surface area contributed by atoms with Crippen molar-refractivity contribution in [1.29, 1.82) is 0 Å². The number of aromatic nitrogens is 2. The SMILES string of the molecule is O=C(NCc1ccc(-c2ccc(Cl)c(Cl)c2)cc1)c1cnn2c1N[C@@H](c1ccccc1)CC2C(F)(F)F. The molecule has 0 spiro atoms. The van der Waals surface area contributed by atoms with Crippen LogP contribution in [0, 0.1) is 0 Å². The number of amides is 1. The van der Waals surface area contributed by atoms with Gasteiger partial charge in [-0.1, -0.05) is 83.9 Å². The van der Waals surface area contributed by atoms with Crippen LogP contribution in [-0.4, -0.2) is 21.9 Å². The van der Waals surface area contributed by atoms with E-state index in [0.29, 0.717) is 15.6 Å². The molecule has 0 saturated heterocycles. The second-order valence-corrected chi connectivity index (χ2v) is 9.58. The van der Waals surface area contributed by atoms with Gasteiger partial charge in [0.15, 0.2) is 6.04 Å². The average molecular weight is 545 g/mol. The summed E-state index contributed by atoms with van der Waals surface area (Å²) in [5, 5.41) is 10.7. The molecule has 37 heavy (non-hydrogen) atoms. The van der Waals surface area contributed by atoms with Crippen LogP contribution < -0.4 is 10.6 Å². The Morgan fingerprint density at radius 2 is 1.70 bits per heavy atom. The van der Waals surface area contributed by atoms with Crippen molar-refractivity contribution in [2.45, 2.75) is 31.2 Å². The van der Waals surface area contributed by atoms with Crippen molar-refractivity contribution in [3.8, 4) is 11.1 Å². The fourth-order valence-electron chi connectivity index (χ4n) is 4.40. The Bertz CT molecular complexity index is 1420. The highest BCUT2D eigenvalue weighted by Crippen LogP contribution is 2.44. The first-order chi connectivity index (χ1) is 17.7.